The zero-order chi connectivity index (χ0) is 18.4. The van der Waals surface area contributed by atoms with E-state index in [1.807, 2.05) is 48.1 Å². The van der Waals surface area contributed by atoms with E-state index in [4.69, 9.17) is 16.3 Å². The van der Waals surface area contributed by atoms with E-state index >= 15 is 0 Å². The molecule has 134 valence electrons. The highest BCUT2D eigenvalue weighted by Gasteiger charge is 2.07. The van der Waals surface area contributed by atoms with Crippen molar-refractivity contribution in [3.05, 3.63) is 82.6 Å². The molecule has 1 N–H and O–H groups in total. The van der Waals surface area contributed by atoms with Crippen molar-refractivity contribution in [1.29, 1.82) is 0 Å². The Kier molecular flexibility index (Phi) is 5.92. The summed E-state index contributed by atoms with van der Waals surface area (Å²) in [6.45, 7) is 3.65. The van der Waals surface area contributed by atoms with Crippen molar-refractivity contribution in [2.45, 2.75) is 26.6 Å². The number of halogens is 1. The van der Waals surface area contributed by atoms with E-state index in [0.717, 1.165) is 17.8 Å². The van der Waals surface area contributed by atoms with Crippen molar-refractivity contribution in [2.75, 3.05) is 0 Å². The largest absolute Gasteiger partial charge is 0.489 e. The van der Waals surface area contributed by atoms with Gasteiger partial charge in [-0.3, -0.25) is 9.48 Å². The minimum absolute atomic E-state index is 0.127. The predicted molar refractivity (Wildman–Crippen MR) is 101 cm³/mol. The SMILES string of the molecule is CCn1ccc(CNC(=O)c2ccc(COc3cccc(Cl)c3)cc2)n1. The maximum absolute atomic E-state index is 12.2. The van der Waals surface area contributed by atoms with Gasteiger partial charge in [0.1, 0.15) is 12.4 Å². The summed E-state index contributed by atoms with van der Waals surface area (Å²) in [5, 5.41) is 7.86. The van der Waals surface area contributed by atoms with Gasteiger partial charge in [-0.25, -0.2) is 0 Å². The second-order valence-corrected chi connectivity index (χ2v) is 6.22. The average Bonchev–Trinajstić information content (AvgIpc) is 3.13. The van der Waals surface area contributed by atoms with Gasteiger partial charge in [0.2, 0.25) is 0 Å². The maximum Gasteiger partial charge on any atom is 0.251 e. The second-order valence-electron chi connectivity index (χ2n) is 5.79. The van der Waals surface area contributed by atoms with E-state index in [0.29, 0.717) is 29.5 Å². The molecule has 0 saturated heterocycles. The number of rotatable bonds is 7. The van der Waals surface area contributed by atoms with Crippen LogP contribution in [0.5, 0.6) is 5.75 Å². The van der Waals surface area contributed by atoms with Crippen LogP contribution in [0.25, 0.3) is 0 Å². The molecule has 2 aromatic carbocycles. The van der Waals surface area contributed by atoms with Crippen LogP contribution in [0.4, 0.5) is 0 Å². The number of carbonyl (C=O) groups excluding carboxylic acids is 1. The van der Waals surface area contributed by atoms with E-state index in [1.165, 1.54) is 0 Å². The van der Waals surface area contributed by atoms with Crippen LogP contribution in [0.3, 0.4) is 0 Å². The maximum atomic E-state index is 12.2. The Labute approximate surface area is 157 Å². The molecule has 1 heterocycles. The van der Waals surface area contributed by atoms with Crippen LogP contribution in [-0.4, -0.2) is 15.7 Å². The Hall–Kier alpha value is -2.79. The Morgan fingerprint density at radius 1 is 1.19 bits per heavy atom. The summed E-state index contributed by atoms with van der Waals surface area (Å²) in [7, 11) is 0. The molecule has 3 rings (SSSR count). The highest BCUT2D eigenvalue weighted by Crippen LogP contribution is 2.18. The molecule has 1 amide bonds. The van der Waals surface area contributed by atoms with Crippen molar-refractivity contribution in [3.8, 4) is 5.75 Å². The Morgan fingerprint density at radius 3 is 2.69 bits per heavy atom. The Bertz CT molecular complexity index is 875. The van der Waals surface area contributed by atoms with E-state index < -0.39 is 0 Å². The zero-order valence-corrected chi connectivity index (χ0v) is 15.2. The van der Waals surface area contributed by atoms with Gasteiger partial charge in [0, 0.05) is 23.3 Å². The number of amides is 1. The molecule has 3 aromatic rings. The molecular formula is C20H20ClN3O2. The molecule has 26 heavy (non-hydrogen) atoms. The minimum Gasteiger partial charge on any atom is -0.489 e. The topological polar surface area (TPSA) is 56.2 Å². The van der Waals surface area contributed by atoms with Gasteiger partial charge in [0.15, 0.2) is 0 Å². The first-order chi connectivity index (χ1) is 12.6. The molecule has 0 bridgehead atoms. The lowest BCUT2D eigenvalue weighted by molar-refractivity contribution is 0.0950. The van der Waals surface area contributed by atoms with Gasteiger partial charge in [-0.15, -0.1) is 0 Å². The molecule has 5 nitrogen and oxygen atoms in total. The molecule has 0 fully saturated rings. The summed E-state index contributed by atoms with van der Waals surface area (Å²) in [4.78, 5) is 12.2. The van der Waals surface area contributed by atoms with E-state index in [1.54, 1.807) is 24.3 Å². The number of aryl methyl sites for hydroxylation is 1. The van der Waals surface area contributed by atoms with E-state index in [-0.39, 0.29) is 5.91 Å². The number of benzene rings is 2. The second kappa shape index (κ2) is 8.54. The lowest BCUT2D eigenvalue weighted by atomic mass is 10.1. The fraction of sp³-hybridized carbons (Fsp3) is 0.200. The fourth-order valence-corrected chi connectivity index (χ4v) is 2.60. The molecular weight excluding hydrogens is 350 g/mol. The molecule has 0 aliphatic heterocycles. The van der Waals surface area contributed by atoms with Crippen molar-refractivity contribution >= 4 is 17.5 Å². The van der Waals surface area contributed by atoms with Crippen molar-refractivity contribution in [2.24, 2.45) is 0 Å². The highest BCUT2D eigenvalue weighted by atomic mass is 35.5. The molecule has 0 aliphatic carbocycles. The average molecular weight is 370 g/mol. The van der Waals surface area contributed by atoms with Crippen molar-refractivity contribution < 1.29 is 9.53 Å². The number of carbonyl (C=O) groups is 1. The van der Waals surface area contributed by atoms with Crippen molar-refractivity contribution in [3.63, 3.8) is 0 Å². The molecule has 6 heteroatoms. The molecule has 0 unspecified atom stereocenters. The zero-order valence-electron chi connectivity index (χ0n) is 14.5. The lowest BCUT2D eigenvalue weighted by Crippen LogP contribution is -2.23. The quantitative estimate of drug-likeness (QED) is 0.683. The third kappa shape index (κ3) is 4.86. The Balaban J connectivity index is 1.52. The summed E-state index contributed by atoms with van der Waals surface area (Å²) in [6, 6.07) is 16.5. The Morgan fingerprint density at radius 2 is 2.00 bits per heavy atom. The molecule has 0 spiro atoms. The third-order valence-corrected chi connectivity index (χ3v) is 4.10. The first-order valence-electron chi connectivity index (χ1n) is 8.42. The van der Waals surface area contributed by atoms with Gasteiger partial charge >= 0.3 is 0 Å². The van der Waals surface area contributed by atoms with Gasteiger partial charge in [0.05, 0.1) is 12.2 Å². The van der Waals surface area contributed by atoms with E-state index in [9.17, 15) is 4.79 Å². The first-order valence-corrected chi connectivity index (χ1v) is 8.79. The van der Waals surface area contributed by atoms with Crippen LogP contribution < -0.4 is 10.1 Å². The lowest BCUT2D eigenvalue weighted by Gasteiger charge is -2.08. The first kappa shape index (κ1) is 18.0. The molecule has 0 saturated carbocycles. The number of ether oxygens (including phenoxy) is 1. The van der Waals surface area contributed by atoms with Crippen LogP contribution in [0, 0.1) is 0 Å². The van der Waals surface area contributed by atoms with E-state index in [2.05, 4.69) is 10.4 Å². The number of aromatic nitrogens is 2. The van der Waals surface area contributed by atoms with Crippen LogP contribution in [0.15, 0.2) is 60.8 Å². The van der Waals surface area contributed by atoms with Gasteiger partial charge in [-0.1, -0.05) is 29.8 Å². The van der Waals surface area contributed by atoms with Crippen LogP contribution in [0.1, 0.15) is 28.5 Å². The summed E-state index contributed by atoms with van der Waals surface area (Å²) >= 11 is 5.94. The fourth-order valence-electron chi connectivity index (χ4n) is 2.42. The molecule has 0 atom stereocenters. The smallest absolute Gasteiger partial charge is 0.251 e. The van der Waals surface area contributed by atoms with Gasteiger partial charge in [-0.05, 0) is 48.9 Å². The minimum atomic E-state index is -0.127. The molecule has 0 radical (unpaired) electrons. The van der Waals surface area contributed by atoms with Crippen molar-refractivity contribution in [1.82, 2.24) is 15.1 Å². The molecule has 0 aliphatic rings. The summed E-state index contributed by atoms with van der Waals surface area (Å²) in [5.41, 5.74) is 2.42. The number of hydrogen-bond acceptors (Lipinski definition) is 3. The van der Waals surface area contributed by atoms with Gasteiger partial charge in [0.25, 0.3) is 5.91 Å². The summed E-state index contributed by atoms with van der Waals surface area (Å²) in [5.74, 6) is 0.587. The number of hydrogen-bond donors (Lipinski definition) is 1. The van der Waals surface area contributed by atoms with Gasteiger partial charge < -0.3 is 10.1 Å². The number of nitrogens with zero attached hydrogens (tertiary/aromatic N) is 2. The normalized spacial score (nSPS) is 10.5. The molecule has 1 aromatic heterocycles. The van der Waals surface area contributed by atoms with Gasteiger partial charge in [-0.2, -0.15) is 5.10 Å². The van der Waals surface area contributed by atoms with Crippen LogP contribution >= 0.6 is 11.6 Å². The summed E-state index contributed by atoms with van der Waals surface area (Å²) < 4.78 is 7.53. The predicted octanol–water partition coefficient (Wildman–Crippen LogP) is 4.07. The van der Waals surface area contributed by atoms with Crippen LogP contribution in [-0.2, 0) is 19.7 Å². The summed E-state index contributed by atoms with van der Waals surface area (Å²) in [6.07, 6.45) is 1.90. The number of nitrogens with one attached hydrogen (secondary N) is 1. The highest BCUT2D eigenvalue weighted by molar-refractivity contribution is 6.30. The monoisotopic (exact) mass is 369 g/mol. The standard InChI is InChI=1S/C20H20ClN3O2/c1-2-24-11-10-18(23-24)13-22-20(25)16-8-6-15(7-9-16)14-26-19-5-3-4-17(21)12-19/h3-12H,2,13-14H2,1H3,(H,22,25). The van der Waals surface area contributed by atoms with Crippen LogP contribution in [0.2, 0.25) is 5.02 Å². The third-order valence-electron chi connectivity index (χ3n) is 3.87.